The lowest BCUT2D eigenvalue weighted by Gasteiger charge is -2.49. The molecule has 0 spiro atoms. The summed E-state index contributed by atoms with van der Waals surface area (Å²) in [6.45, 7) is -4.69. The maximum atomic E-state index is 11.2. The zero-order valence-electron chi connectivity index (χ0n) is 34.1. The molecule has 25 atom stereocenters. The number of halogens is 1. The normalized spacial score (nSPS) is 46.8. The number of aliphatic hydroxyl groups excluding tert-OH is 16. The number of hydrogen-bond donors (Lipinski definition) is 16. The van der Waals surface area contributed by atoms with Crippen molar-refractivity contribution in [3.8, 4) is 5.75 Å². The van der Waals surface area contributed by atoms with E-state index in [-0.39, 0.29) is 16.5 Å². The maximum Gasteiger partial charge on any atom is 0.271 e. The lowest BCUT2D eigenvalue weighted by Crippen LogP contribution is -2.68. The van der Waals surface area contributed by atoms with Crippen molar-refractivity contribution in [1.82, 2.24) is 0 Å². The van der Waals surface area contributed by atoms with Crippen molar-refractivity contribution in [3.63, 3.8) is 0 Å². The molecular formula is C36H54ClNO28. The molecule has 5 fully saturated rings. The van der Waals surface area contributed by atoms with Crippen LogP contribution in [-0.2, 0) is 42.6 Å². The Morgan fingerprint density at radius 3 is 1.08 bits per heavy atom. The molecule has 66 heavy (non-hydrogen) atoms. The molecule has 5 aliphatic rings. The van der Waals surface area contributed by atoms with E-state index in [1.54, 1.807) is 0 Å². The third-order valence-corrected chi connectivity index (χ3v) is 12.0. The number of hydrogen-bond acceptors (Lipinski definition) is 28. The molecule has 0 amide bonds. The Hall–Kier alpha value is -2.29. The summed E-state index contributed by atoms with van der Waals surface area (Å²) < 4.78 is 55.6. The number of nitrogens with zero attached hydrogens (tertiary/aromatic N) is 1. The summed E-state index contributed by atoms with van der Waals surface area (Å²) in [4.78, 5) is 10.3. The Labute approximate surface area is 376 Å². The van der Waals surface area contributed by atoms with Gasteiger partial charge in [0.1, 0.15) is 128 Å². The standard InChI is InChI=1S/C36H54ClNO28/c37-10-3-9(38(55)56)1-2-11(10)57-32-24(51)19(46)28(13(5-40)59-32)64-34-26(53)21(48)30(15(7-42)61-34)66-36-27(54)22(49)31(16(8-43)62-36)65-35-25(52)20(47)29(14(6-41)60-35)63-33-23(50)18(45)17(44)12(4-39)58-33/h1-3,12-36,39-54H,4-8H2/t12-,13-,14-,15-,16-,17+,18+,19-,20-,21-,22-,23-,24-,25-,26-,27-,28-,29-,30-,31-,32-,33+,34+,35+,36+/m1/s1. The van der Waals surface area contributed by atoms with Crippen LogP contribution in [0.25, 0.3) is 0 Å². The molecule has 1 aromatic carbocycles. The van der Waals surface area contributed by atoms with E-state index in [2.05, 4.69) is 0 Å². The summed E-state index contributed by atoms with van der Waals surface area (Å²) in [6.07, 6.45) is -46.7. The van der Waals surface area contributed by atoms with E-state index in [1.165, 1.54) is 0 Å². The van der Waals surface area contributed by atoms with Gasteiger partial charge in [0.2, 0.25) is 6.29 Å². The summed E-state index contributed by atoms with van der Waals surface area (Å²) in [5.74, 6) is -0.208. The van der Waals surface area contributed by atoms with Crippen molar-refractivity contribution in [1.29, 1.82) is 0 Å². The van der Waals surface area contributed by atoms with Gasteiger partial charge >= 0.3 is 0 Å². The highest BCUT2D eigenvalue weighted by molar-refractivity contribution is 6.32. The average Bonchev–Trinajstić information content (AvgIpc) is 3.30. The molecule has 29 nitrogen and oxygen atoms in total. The fraction of sp³-hybridized carbons (Fsp3) is 0.833. The minimum absolute atomic E-state index is 0.208. The summed E-state index contributed by atoms with van der Waals surface area (Å²) in [6, 6.07) is 3.09. The van der Waals surface area contributed by atoms with Crippen molar-refractivity contribution in [2.75, 3.05) is 33.0 Å². The topological polar surface area (TPSA) is 459 Å². The zero-order valence-corrected chi connectivity index (χ0v) is 34.8. The molecule has 0 radical (unpaired) electrons. The molecular weight excluding hydrogens is 930 g/mol. The van der Waals surface area contributed by atoms with Gasteiger partial charge in [-0.05, 0) is 6.07 Å². The quantitative estimate of drug-likeness (QED) is 0.0540. The van der Waals surface area contributed by atoms with E-state index >= 15 is 0 Å². The van der Waals surface area contributed by atoms with Crippen LogP contribution in [0.3, 0.4) is 0 Å². The number of ether oxygens (including phenoxy) is 10. The van der Waals surface area contributed by atoms with Gasteiger partial charge in [-0.3, -0.25) is 10.1 Å². The monoisotopic (exact) mass is 983 g/mol. The van der Waals surface area contributed by atoms with E-state index in [1.807, 2.05) is 0 Å². The first kappa shape index (κ1) is 53.1. The Balaban J connectivity index is 1.07. The molecule has 378 valence electrons. The van der Waals surface area contributed by atoms with Crippen molar-refractivity contribution in [3.05, 3.63) is 33.3 Å². The second kappa shape index (κ2) is 22.6. The molecule has 5 aliphatic heterocycles. The number of nitro groups is 1. The van der Waals surface area contributed by atoms with E-state index in [4.69, 9.17) is 59.0 Å². The molecule has 0 aromatic heterocycles. The molecule has 1 aromatic rings. The Morgan fingerprint density at radius 2 is 0.758 bits per heavy atom. The number of non-ortho nitro benzene ring substituents is 1. The predicted octanol–water partition coefficient (Wildman–Crippen LogP) is -9.28. The number of nitro benzene ring substituents is 1. The molecule has 0 bridgehead atoms. The number of aliphatic hydroxyl groups is 16. The molecule has 30 heteroatoms. The second-order valence-electron chi connectivity index (χ2n) is 15.9. The fourth-order valence-corrected chi connectivity index (χ4v) is 8.16. The van der Waals surface area contributed by atoms with Gasteiger partial charge in [0.25, 0.3) is 5.69 Å². The van der Waals surface area contributed by atoms with Gasteiger partial charge in [0.05, 0.1) is 43.0 Å². The molecule has 0 aliphatic carbocycles. The molecule has 5 heterocycles. The van der Waals surface area contributed by atoms with Gasteiger partial charge < -0.3 is 129 Å². The molecule has 0 unspecified atom stereocenters. The van der Waals surface area contributed by atoms with Crippen LogP contribution in [-0.4, -0.2) is 273 Å². The van der Waals surface area contributed by atoms with E-state index in [0.717, 1.165) is 18.2 Å². The van der Waals surface area contributed by atoms with E-state index in [0.29, 0.717) is 0 Å². The van der Waals surface area contributed by atoms with Crippen LogP contribution in [0.4, 0.5) is 5.69 Å². The number of benzene rings is 1. The molecule has 6 rings (SSSR count). The third kappa shape index (κ3) is 10.9. The summed E-state index contributed by atoms with van der Waals surface area (Å²) in [7, 11) is 0. The van der Waals surface area contributed by atoms with E-state index in [9.17, 15) is 91.8 Å². The second-order valence-corrected chi connectivity index (χ2v) is 16.3. The van der Waals surface area contributed by atoms with Crippen LogP contribution in [0.1, 0.15) is 0 Å². The highest BCUT2D eigenvalue weighted by Gasteiger charge is 2.56. The minimum atomic E-state index is -2.16. The summed E-state index contributed by atoms with van der Waals surface area (Å²) >= 11 is 6.06. The fourth-order valence-electron chi connectivity index (χ4n) is 7.94. The number of rotatable bonds is 16. The van der Waals surface area contributed by atoms with Gasteiger partial charge in [0, 0.05) is 12.1 Å². The van der Waals surface area contributed by atoms with Crippen LogP contribution >= 0.6 is 11.6 Å². The van der Waals surface area contributed by atoms with Gasteiger partial charge in [0.15, 0.2) is 25.2 Å². The first-order chi connectivity index (χ1) is 31.3. The van der Waals surface area contributed by atoms with Crippen molar-refractivity contribution < 1.29 is 134 Å². The Bertz CT molecular complexity index is 1720. The highest BCUT2D eigenvalue weighted by atomic mass is 35.5. The largest absolute Gasteiger partial charge is 0.460 e. The smallest absolute Gasteiger partial charge is 0.271 e. The van der Waals surface area contributed by atoms with Crippen LogP contribution in [0.15, 0.2) is 18.2 Å². The summed E-state index contributed by atoms with van der Waals surface area (Å²) in [5.41, 5.74) is -0.383. The van der Waals surface area contributed by atoms with Crippen LogP contribution in [0.2, 0.25) is 5.02 Å². The van der Waals surface area contributed by atoms with Crippen LogP contribution in [0.5, 0.6) is 5.75 Å². The predicted molar refractivity (Wildman–Crippen MR) is 203 cm³/mol. The highest BCUT2D eigenvalue weighted by Crippen LogP contribution is 2.37. The summed E-state index contributed by atoms with van der Waals surface area (Å²) in [5, 5.41) is 180. The molecule has 0 saturated carbocycles. The molecule has 5 saturated heterocycles. The van der Waals surface area contributed by atoms with Crippen molar-refractivity contribution in [2.45, 2.75) is 154 Å². The van der Waals surface area contributed by atoms with Gasteiger partial charge in [-0.2, -0.15) is 0 Å². The van der Waals surface area contributed by atoms with Crippen LogP contribution < -0.4 is 4.74 Å². The van der Waals surface area contributed by atoms with Crippen molar-refractivity contribution in [2.24, 2.45) is 0 Å². The van der Waals surface area contributed by atoms with E-state index < -0.39 is 191 Å². The van der Waals surface area contributed by atoms with Gasteiger partial charge in [-0.15, -0.1) is 0 Å². The van der Waals surface area contributed by atoms with Crippen LogP contribution in [0, 0.1) is 10.1 Å². The Morgan fingerprint density at radius 1 is 0.455 bits per heavy atom. The third-order valence-electron chi connectivity index (χ3n) is 11.7. The zero-order chi connectivity index (χ0) is 48.5. The average molecular weight is 984 g/mol. The molecule has 16 N–H and O–H groups in total. The van der Waals surface area contributed by atoms with Gasteiger partial charge in [-0.25, -0.2) is 0 Å². The lowest BCUT2D eigenvalue weighted by atomic mass is 9.95. The minimum Gasteiger partial charge on any atom is -0.460 e. The van der Waals surface area contributed by atoms with Gasteiger partial charge in [-0.1, -0.05) is 11.6 Å². The lowest BCUT2D eigenvalue weighted by molar-refractivity contribution is -0.392. The Kier molecular flexibility index (Phi) is 18.2. The first-order valence-corrected chi connectivity index (χ1v) is 20.7. The first-order valence-electron chi connectivity index (χ1n) is 20.3. The van der Waals surface area contributed by atoms with Crippen molar-refractivity contribution >= 4 is 17.3 Å². The maximum absolute atomic E-state index is 11.2. The SMILES string of the molecule is O=[N+]([O-])c1ccc(O[C@@H]2O[C@H](CO)[C@@H](O[C@@H]3O[C@H](CO)[C@@H](O[C@@H]4O[C@H](CO)[C@@H](O[C@@H]5O[C@H](CO)[C@@H](O[C@@H]6O[C@H](CO)[C@H](O)[C@H](O)[C@H]6O)[C@H](O)[C@H]5O)[C@H](O)[C@H]4O)[C@H](O)[C@H]3O)[C@H](O)[C@H]2O)c(Cl)c1.